The maximum absolute atomic E-state index is 11.0. The zero-order chi connectivity index (χ0) is 12.8. The van der Waals surface area contributed by atoms with Crippen LogP contribution in [-0.4, -0.2) is 39.8 Å². The fourth-order valence-corrected chi connectivity index (χ4v) is 2.13. The van der Waals surface area contributed by atoms with Crippen LogP contribution in [0, 0.1) is 5.41 Å². The lowest BCUT2D eigenvalue weighted by molar-refractivity contribution is 0.304. The fourth-order valence-electron chi connectivity index (χ4n) is 1.31. The lowest BCUT2D eigenvalue weighted by atomic mass is 9.88. The molecule has 2 atom stereocenters. The molecule has 0 bridgehead atoms. The van der Waals surface area contributed by atoms with Gasteiger partial charge in [-0.05, 0) is 19.9 Å². The van der Waals surface area contributed by atoms with Crippen molar-refractivity contribution in [1.82, 2.24) is 5.32 Å². The molecule has 0 saturated heterocycles. The molecule has 0 aliphatic carbocycles. The molecule has 4 N–H and O–H groups in total. The molecule has 16 heavy (non-hydrogen) atoms. The van der Waals surface area contributed by atoms with Crippen molar-refractivity contribution < 1.29 is 9.42 Å². The van der Waals surface area contributed by atoms with Crippen LogP contribution in [0.2, 0.25) is 0 Å². The first-order valence-corrected chi connectivity index (χ1v) is 7.03. The van der Waals surface area contributed by atoms with Crippen LogP contribution in [0.1, 0.15) is 27.2 Å². The van der Waals surface area contributed by atoms with Crippen LogP contribution in [0.4, 0.5) is 0 Å². The summed E-state index contributed by atoms with van der Waals surface area (Å²) in [5.74, 6) is 0.880. The van der Waals surface area contributed by atoms with Crippen molar-refractivity contribution in [1.29, 1.82) is 0 Å². The smallest absolute Gasteiger partial charge is 0.144 e. The van der Waals surface area contributed by atoms with Gasteiger partial charge in [0.2, 0.25) is 0 Å². The molecule has 0 aliphatic rings. The van der Waals surface area contributed by atoms with Gasteiger partial charge in [-0.2, -0.15) is 0 Å². The highest BCUT2D eigenvalue weighted by atomic mass is 32.2. The second kappa shape index (κ2) is 6.85. The third kappa shape index (κ3) is 6.07. The van der Waals surface area contributed by atoms with Crippen molar-refractivity contribution in [2.75, 3.05) is 18.6 Å². The van der Waals surface area contributed by atoms with Gasteiger partial charge >= 0.3 is 0 Å². The zero-order valence-electron chi connectivity index (χ0n) is 10.5. The van der Waals surface area contributed by atoms with Gasteiger partial charge in [-0.15, -0.1) is 0 Å². The minimum Gasteiger partial charge on any atom is -0.409 e. The molecule has 0 radical (unpaired) electrons. The van der Waals surface area contributed by atoms with Gasteiger partial charge in [-0.1, -0.05) is 19.0 Å². The summed E-state index contributed by atoms with van der Waals surface area (Å²) in [7, 11) is -0.782. The molecule has 5 nitrogen and oxygen atoms in total. The van der Waals surface area contributed by atoms with E-state index in [1.807, 2.05) is 20.8 Å². The Hall–Kier alpha value is -0.620. The lowest BCUT2D eigenvalue weighted by Gasteiger charge is -2.23. The first-order chi connectivity index (χ1) is 7.29. The maximum Gasteiger partial charge on any atom is 0.144 e. The summed E-state index contributed by atoms with van der Waals surface area (Å²) in [5.41, 5.74) is 5.25. The maximum atomic E-state index is 11.0. The van der Waals surface area contributed by atoms with Crippen LogP contribution in [0.15, 0.2) is 5.16 Å². The Morgan fingerprint density at radius 3 is 2.62 bits per heavy atom. The molecule has 0 amide bonds. The monoisotopic (exact) mass is 249 g/mol. The molecule has 0 aromatic heterocycles. The van der Waals surface area contributed by atoms with E-state index in [2.05, 4.69) is 10.5 Å². The second-order valence-electron chi connectivity index (χ2n) is 4.71. The molecule has 0 saturated carbocycles. The minimum atomic E-state index is -0.782. The van der Waals surface area contributed by atoms with Crippen molar-refractivity contribution in [3.63, 3.8) is 0 Å². The topological polar surface area (TPSA) is 87.7 Å². The normalized spacial score (nSPS) is 17.1. The Labute approximate surface area is 99.9 Å². The summed E-state index contributed by atoms with van der Waals surface area (Å²) < 4.78 is 11.0. The van der Waals surface area contributed by atoms with Gasteiger partial charge in [-0.25, -0.2) is 0 Å². The Morgan fingerprint density at radius 2 is 2.19 bits per heavy atom. The number of rotatable bonds is 7. The van der Waals surface area contributed by atoms with E-state index in [1.54, 1.807) is 6.26 Å². The number of amidine groups is 1. The third-order valence-corrected chi connectivity index (χ3v) is 3.50. The summed E-state index contributed by atoms with van der Waals surface area (Å²) in [5, 5.41) is 14.9. The quantitative estimate of drug-likeness (QED) is 0.265. The Kier molecular flexibility index (Phi) is 6.59. The van der Waals surface area contributed by atoms with E-state index in [9.17, 15) is 4.21 Å². The van der Waals surface area contributed by atoms with Crippen molar-refractivity contribution in [2.45, 2.75) is 33.2 Å². The van der Waals surface area contributed by atoms with E-state index in [4.69, 9.17) is 10.9 Å². The molecule has 6 heteroatoms. The van der Waals surface area contributed by atoms with Crippen molar-refractivity contribution in [2.24, 2.45) is 16.3 Å². The average Bonchev–Trinajstić information content (AvgIpc) is 2.14. The van der Waals surface area contributed by atoms with Crippen LogP contribution in [-0.2, 0) is 10.8 Å². The van der Waals surface area contributed by atoms with E-state index in [0.717, 1.165) is 13.0 Å². The number of hydrogen-bond donors (Lipinski definition) is 3. The molecule has 0 aromatic rings. The van der Waals surface area contributed by atoms with Crippen LogP contribution in [0.25, 0.3) is 0 Å². The molecule has 96 valence electrons. The minimum absolute atomic E-state index is 0.217. The zero-order valence-corrected chi connectivity index (χ0v) is 11.3. The van der Waals surface area contributed by atoms with Gasteiger partial charge in [0.1, 0.15) is 5.84 Å². The van der Waals surface area contributed by atoms with Gasteiger partial charge in [0.15, 0.2) is 0 Å². The Morgan fingerprint density at radius 1 is 1.62 bits per heavy atom. The molecule has 0 heterocycles. The number of hydrogen-bond acceptors (Lipinski definition) is 4. The van der Waals surface area contributed by atoms with Gasteiger partial charge in [0.25, 0.3) is 0 Å². The number of nitrogens with one attached hydrogen (secondary N) is 1. The molecule has 0 rings (SSSR count). The van der Waals surface area contributed by atoms with Crippen molar-refractivity contribution in [3.8, 4) is 0 Å². The lowest BCUT2D eigenvalue weighted by Crippen LogP contribution is -2.38. The molecule has 0 aromatic carbocycles. The van der Waals surface area contributed by atoms with Gasteiger partial charge < -0.3 is 16.3 Å². The van der Waals surface area contributed by atoms with Crippen LogP contribution < -0.4 is 11.1 Å². The SMILES string of the molecule is CC(CS(C)=O)NCCC(C)(C)C(N)=NO. The van der Waals surface area contributed by atoms with E-state index < -0.39 is 10.8 Å². The van der Waals surface area contributed by atoms with Crippen LogP contribution in [0.3, 0.4) is 0 Å². The van der Waals surface area contributed by atoms with Crippen molar-refractivity contribution >= 4 is 16.6 Å². The molecular weight excluding hydrogens is 226 g/mol. The van der Waals surface area contributed by atoms with Gasteiger partial charge in [0.05, 0.1) is 0 Å². The first-order valence-electron chi connectivity index (χ1n) is 5.31. The largest absolute Gasteiger partial charge is 0.409 e. The van der Waals surface area contributed by atoms with E-state index >= 15 is 0 Å². The summed E-state index contributed by atoms with van der Waals surface area (Å²) in [6, 6.07) is 0.217. The van der Waals surface area contributed by atoms with E-state index in [0.29, 0.717) is 5.75 Å². The molecule has 0 aliphatic heterocycles. The summed E-state index contributed by atoms with van der Waals surface area (Å²) in [6.07, 6.45) is 2.46. The number of nitrogens with zero attached hydrogens (tertiary/aromatic N) is 1. The second-order valence-corrected chi connectivity index (χ2v) is 6.19. The summed E-state index contributed by atoms with van der Waals surface area (Å²) in [4.78, 5) is 0. The molecule has 0 spiro atoms. The Bertz CT molecular complexity index is 267. The van der Waals surface area contributed by atoms with Crippen LogP contribution in [0.5, 0.6) is 0 Å². The first kappa shape index (κ1) is 15.4. The third-order valence-electron chi connectivity index (χ3n) is 2.53. The van der Waals surface area contributed by atoms with Gasteiger partial charge in [-0.3, -0.25) is 4.21 Å². The molecule has 0 fully saturated rings. The Balaban J connectivity index is 3.94. The van der Waals surface area contributed by atoms with Crippen LogP contribution >= 0.6 is 0 Å². The van der Waals surface area contributed by atoms with E-state index in [1.165, 1.54) is 0 Å². The highest BCUT2D eigenvalue weighted by molar-refractivity contribution is 7.84. The number of oxime groups is 1. The standard InChI is InChI=1S/C10H23N3O2S/c1-8(7-16(4)15)12-6-5-10(2,3)9(11)13-14/h8,12,14H,5-7H2,1-4H3,(H2,11,13). The van der Waals surface area contributed by atoms with Gasteiger partial charge in [0, 0.05) is 34.3 Å². The predicted octanol–water partition coefficient (Wildman–Crippen LogP) is 0.506. The predicted molar refractivity (Wildman–Crippen MR) is 68.2 cm³/mol. The molecular formula is C10H23N3O2S. The fraction of sp³-hybridized carbons (Fsp3) is 0.900. The summed E-state index contributed by atoms with van der Waals surface area (Å²) in [6.45, 7) is 6.60. The highest BCUT2D eigenvalue weighted by Crippen LogP contribution is 2.19. The highest BCUT2D eigenvalue weighted by Gasteiger charge is 2.23. The summed E-state index contributed by atoms with van der Waals surface area (Å²) >= 11 is 0. The molecule has 2 unspecified atom stereocenters. The van der Waals surface area contributed by atoms with Crippen molar-refractivity contribution in [3.05, 3.63) is 0 Å². The average molecular weight is 249 g/mol. The van der Waals surface area contributed by atoms with E-state index in [-0.39, 0.29) is 17.3 Å². The number of nitrogens with two attached hydrogens (primary N) is 1.